The number of carbonyl (C=O) groups is 2. The monoisotopic (exact) mass is 540 g/mol. The lowest BCUT2D eigenvalue weighted by Gasteiger charge is -2.22. The minimum Gasteiger partial charge on any atom is -0.508 e. The second-order valence-electron chi connectivity index (χ2n) is 6.65. The Kier molecular flexibility index (Phi) is 5.75. The van der Waals surface area contributed by atoms with Gasteiger partial charge in [0.25, 0.3) is 5.91 Å². The molecule has 3 aromatic rings. The third-order valence-corrected chi connectivity index (χ3v) is 5.63. The molecule has 0 unspecified atom stereocenters. The first-order valence-corrected chi connectivity index (χ1v) is 10.7. The van der Waals surface area contributed by atoms with Crippen molar-refractivity contribution in [2.45, 2.75) is 0 Å². The molecule has 4 rings (SSSR count). The van der Waals surface area contributed by atoms with Crippen LogP contribution in [0.15, 0.2) is 86.4 Å². The fourth-order valence-corrected chi connectivity index (χ4v) is 4.59. The van der Waals surface area contributed by atoms with E-state index >= 15 is 0 Å². The van der Waals surface area contributed by atoms with Crippen LogP contribution in [0.4, 0.5) is 5.69 Å². The summed E-state index contributed by atoms with van der Waals surface area (Å²) in [6, 6.07) is 18.6. The molecule has 1 aliphatic heterocycles. The molecule has 0 radical (unpaired) electrons. The van der Waals surface area contributed by atoms with E-state index in [2.05, 4.69) is 36.9 Å². The first-order valence-electron chi connectivity index (χ1n) is 9.07. The lowest BCUT2D eigenvalue weighted by atomic mass is 10.1. The largest absolute Gasteiger partial charge is 0.508 e. The molecule has 0 saturated carbocycles. The number of carboxylic acids is 1. The quantitative estimate of drug-likeness (QED) is 0.430. The smallest absolute Gasteiger partial charge is 0.337 e. The number of aromatic hydroxyl groups is 1. The van der Waals surface area contributed by atoms with Crippen LogP contribution in [0.3, 0.4) is 0 Å². The number of hydrogen-bond donors (Lipinski definition) is 2. The Balaban J connectivity index is 1.92. The zero-order valence-corrected chi connectivity index (χ0v) is 19.0. The maximum absolute atomic E-state index is 13.4. The van der Waals surface area contributed by atoms with Gasteiger partial charge in [-0.15, -0.1) is 0 Å². The molecule has 0 fully saturated rings. The lowest BCUT2D eigenvalue weighted by molar-refractivity contribution is -0.113. The third kappa shape index (κ3) is 4.17. The van der Waals surface area contributed by atoms with Crippen molar-refractivity contribution in [3.8, 4) is 5.75 Å². The molecular weight excluding hydrogens is 528 g/mol. The molecule has 154 valence electrons. The molecule has 8 heteroatoms. The summed E-state index contributed by atoms with van der Waals surface area (Å²) in [7, 11) is 0. The Hall–Kier alpha value is -3.23. The van der Waals surface area contributed by atoms with Gasteiger partial charge in [0.15, 0.2) is 0 Å². The molecule has 0 spiro atoms. The fraction of sp³-hybridized carbons (Fsp3) is 0. The van der Waals surface area contributed by atoms with Crippen LogP contribution >= 0.6 is 31.9 Å². The van der Waals surface area contributed by atoms with Gasteiger partial charge >= 0.3 is 5.97 Å². The molecular formula is C23H14Br2N2O4. The van der Waals surface area contributed by atoms with Gasteiger partial charge in [-0.3, -0.25) is 9.69 Å². The predicted molar refractivity (Wildman–Crippen MR) is 125 cm³/mol. The summed E-state index contributed by atoms with van der Waals surface area (Å²) in [5.74, 6) is -1.20. The van der Waals surface area contributed by atoms with Crippen LogP contribution in [-0.2, 0) is 4.79 Å². The lowest BCUT2D eigenvalue weighted by Crippen LogP contribution is -2.34. The molecule has 2 N–H and O–H groups in total. The number of anilines is 1. The van der Waals surface area contributed by atoms with Crippen molar-refractivity contribution in [3.05, 3.63) is 98.1 Å². The Morgan fingerprint density at radius 2 is 1.68 bits per heavy atom. The molecule has 6 nitrogen and oxygen atoms in total. The number of amidine groups is 1. The van der Waals surface area contributed by atoms with Gasteiger partial charge in [0, 0.05) is 14.5 Å². The van der Waals surface area contributed by atoms with E-state index in [1.807, 2.05) is 18.2 Å². The highest BCUT2D eigenvalue weighted by Crippen LogP contribution is 2.38. The number of carboxylic acid groups (broad SMARTS) is 1. The van der Waals surface area contributed by atoms with Gasteiger partial charge in [-0.2, -0.15) is 0 Å². The van der Waals surface area contributed by atoms with Crippen molar-refractivity contribution in [2.24, 2.45) is 4.99 Å². The number of halogens is 2. The molecule has 0 saturated heterocycles. The van der Waals surface area contributed by atoms with E-state index < -0.39 is 11.9 Å². The van der Waals surface area contributed by atoms with Crippen LogP contribution < -0.4 is 4.90 Å². The van der Waals surface area contributed by atoms with Crippen LogP contribution in [0.1, 0.15) is 21.5 Å². The van der Waals surface area contributed by atoms with Crippen LogP contribution in [-0.4, -0.2) is 27.9 Å². The van der Waals surface area contributed by atoms with Crippen LogP contribution in [0.25, 0.3) is 6.08 Å². The molecule has 0 bridgehead atoms. The van der Waals surface area contributed by atoms with Crippen molar-refractivity contribution in [1.82, 2.24) is 0 Å². The van der Waals surface area contributed by atoms with Crippen molar-refractivity contribution < 1.29 is 19.8 Å². The van der Waals surface area contributed by atoms with Crippen LogP contribution in [0.5, 0.6) is 5.75 Å². The van der Waals surface area contributed by atoms with Crippen molar-refractivity contribution >= 4 is 61.3 Å². The SMILES string of the molecule is O=C(O)c1cc(Br)cc(Br)c1N1C(=O)/C(=C\c2ccc(O)cc2)N=C1c1ccccc1. The molecule has 3 aromatic carbocycles. The minimum absolute atomic E-state index is 0.0517. The van der Waals surface area contributed by atoms with Gasteiger partial charge in [-0.1, -0.05) is 58.4 Å². The summed E-state index contributed by atoms with van der Waals surface area (Å²) in [5, 5.41) is 19.3. The number of nitrogens with zero attached hydrogens (tertiary/aromatic N) is 2. The zero-order valence-electron chi connectivity index (χ0n) is 15.8. The standard InChI is InChI=1S/C23H14Br2N2O4/c24-15-11-17(23(30)31)20(18(25)12-15)27-21(14-4-2-1-3-5-14)26-19(22(27)29)10-13-6-8-16(28)9-7-13/h1-12,28H,(H,30,31)/b19-10+. The molecule has 1 heterocycles. The van der Waals surface area contributed by atoms with Crippen molar-refractivity contribution in [3.63, 3.8) is 0 Å². The Labute approximate surface area is 194 Å². The number of aliphatic imine (C=N–C) groups is 1. The van der Waals surface area contributed by atoms with Crippen LogP contribution in [0.2, 0.25) is 0 Å². The highest BCUT2D eigenvalue weighted by molar-refractivity contribution is 9.11. The third-order valence-electron chi connectivity index (χ3n) is 4.57. The van der Waals surface area contributed by atoms with Crippen molar-refractivity contribution in [2.75, 3.05) is 4.90 Å². The Morgan fingerprint density at radius 1 is 1.00 bits per heavy atom. The molecule has 0 aromatic heterocycles. The molecule has 0 atom stereocenters. The number of rotatable bonds is 4. The fourth-order valence-electron chi connectivity index (χ4n) is 3.19. The van der Waals surface area contributed by atoms with Crippen LogP contribution in [0, 0.1) is 0 Å². The van der Waals surface area contributed by atoms with E-state index in [1.54, 1.807) is 36.4 Å². The molecule has 1 amide bonds. The summed E-state index contributed by atoms with van der Waals surface area (Å²) in [4.78, 5) is 31.3. The summed E-state index contributed by atoms with van der Waals surface area (Å²) in [5.41, 5.74) is 1.63. The van der Waals surface area contributed by atoms with E-state index in [0.29, 0.717) is 25.9 Å². The summed E-state index contributed by atoms with van der Waals surface area (Å²) in [6.45, 7) is 0. The first-order chi connectivity index (χ1) is 14.8. The summed E-state index contributed by atoms with van der Waals surface area (Å²) < 4.78 is 0.993. The maximum Gasteiger partial charge on any atom is 0.337 e. The number of carbonyl (C=O) groups excluding carboxylic acids is 1. The number of hydrogen-bond acceptors (Lipinski definition) is 4. The highest BCUT2D eigenvalue weighted by atomic mass is 79.9. The first kappa shape index (κ1) is 21.0. The number of phenolic OH excluding ortho intramolecular Hbond substituents is 1. The molecule has 1 aliphatic rings. The number of benzene rings is 3. The van der Waals surface area contributed by atoms with E-state index in [-0.39, 0.29) is 22.7 Å². The Morgan fingerprint density at radius 3 is 2.32 bits per heavy atom. The van der Waals surface area contributed by atoms with Gasteiger partial charge in [0.1, 0.15) is 17.3 Å². The topological polar surface area (TPSA) is 90.2 Å². The summed E-state index contributed by atoms with van der Waals surface area (Å²) in [6.07, 6.45) is 1.60. The number of phenols is 1. The van der Waals surface area contributed by atoms with Gasteiger partial charge in [0.2, 0.25) is 0 Å². The van der Waals surface area contributed by atoms with E-state index in [4.69, 9.17) is 0 Å². The van der Waals surface area contributed by atoms with Crippen molar-refractivity contribution in [1.29, 1.82) is 0 Å². The average molecular weight is 542 g/mol. The maximum atomic E-state index is 13.4. The average Bonchev–Trinajstić information content (AvgIpc) is 3.05. The zero-order chi connectivity index (χ0) is 22.1. The van der Waals surface area contributed by atoms with E-state index in [0.717, 1.165) is 0 Å². The molecule has 31 heavy (non-hydrogen) atoms. The van der Waals surface area contributed by atoms with Gasteiger partial charge in [-0.25, -0.2) is 9.79 Å². The van der Waals surface area contributed by atoms with E-state index in [9.17, 15) is 19.8 Å². The minimum atomic E-state index is -1.17. The number of aromatic carboxylic acids is 1. The second-order valence-corrected chi connectivity index (χ2v) is 8.42. The predicted octanol–water partition coefficient (Wildman–Crippen LogP) is 5.45. The Bertz CT molecular complexity index is 1250. The van der Waals surface area contributed by atoms with Gasteiger partial charge in [-0.05, 0) is 51.8 Å². The van der Waals surface area contributed by atoms with E-state index in [1.165, 1.54) is 23.1 Å². The normalized spacial score (nSPS) is 14.8. The van der Waals surface area contributed by atoms with Gasteiger partial charge in [0.05, 0.1) is 11.3 Å². The van der Waals surface area contributed by atoms with Gasteiger partial charge < -0.3 is 10.2 Å². The second kappa shape index (κ2) is 8.49. The molecule has 0 aliphatic carbocycles. The summed E-state index contributed by atoms with van der Waals surface area (Å²) >= 11 is 6.71. The number of amides is 1. The highest BCUT2D eigenvalue weighted by Gasteiger charge is 2.36.